The predicted octanol–water partition coefficient (Wildman–Crippen LogP) is 1.85. The first-order chi connectivity index (χ1) is 9.17. The van der Waals surface area contributed by atoms with Crippen LogP contribution < -0.4 is 5.32 Å². The van der Waals surface area contributed by atoms with Gasteiger partial charge in [0.1, 0.15) is 11.6 Å². The van der Waals surface area contributed by atoms with Crippen LogP contribution in [0.4, 0.5) is 4.79 Å². The van der Waals surface area contributed by atoms with Crippen LogP contribution >= 0.6 is 0 Å². The van der Waals surface area contributed by atoms with Crippen LogP contribution in [0.2, 0.25) is 0 Å². The van der Waals surface area contributed by atoms with Gasteiger partial charge in [0.05, 0.1) is 6.61 Å². The molecule has 0 rings (SSSR count). The molecule has 1 amide bonds. The van der Waals surface area contributed by atoms with Crippen molar-refractivity contribution in [2.24, 2.45) is 5.92 Å². The zero-order valence-electron chi connectivity index (χ0n) is 13.1. The van der Waals surface area contributed by atoms with Gasteiger partial charge in [-0.05, 0) is 39.5 Å². The van der Waals surface area contributed by atoms with Crippen molar-refractivity contribution in [3.05, 3.63) is 0 Å². The number of esters is 1. The first-order valence-corrected chi connectivity index (χ1v) is 6.94. The van der Waals surface area contributed by atoms with Crippen molar-refractivity contribution < 1.29 is 24.2 Å². The molecule has 2 N–H and O–H groups in total. The maximum absolute atomic E-state index is 11.9. The number of nitrogens with one attached hydrogen (secondary N) is 1. The fourth-order valence-electron chi connectivity index (χ4n) is 1.41. The Morgan fingerprint density at radius 3 is 2.25 bits per heavy atom. The molecule has 1 atom stereocenters. The SMILES string of the molecule is CC(C)[C@H](NC(=O)OC(C)(C)C)C(=O)OCCCCO. The molecule has 0 heterocycles. The molecule has 0 radical (unpaired) electrons. The summed E-state index contributed by atoms with van der Waals surface area (Å²) in [5, 5.41) is 11.2. The highest BCUT2D eigenvalue weighted by molar-refractivity contribution is 5.81. The molecule has 118 valence electrons. The van der Waals surface area contributed by atoms with Crippen LogP contribution in [0.3, 0.4) is 0 Å². The summed E-state index contributed by atoms with van der Waals surface area (Å²) in [4.78, 5) is 23.6. The van der Waals surface area contributed by atoms with Gasteiger partial charge in [-0.25, -0.2) is 9.59 Å². The first kappa shape index (κ1) is 18.7. The number of hydrogen-bond donors (Lipinski definition) is 2. The number of carbonyl (C=O) groups is 2. The Kier molecular flexibility index (Phi) is 8.22. The molecule has 0 saturated heterocycles. The average Bonchev–Trinajstić information content (AvgIpc) is 2.28. The van der Waals surface area contributed by atoms with Crippen LogP contribution in [-0.4, -0.2) is 42.0 Å². The van der Waals surface area contributed by atoms with E-state index in [2.05, 4.69) is 5.32 Å². The molecule has 0 aliphatic carbocycles. The molecule has 0 aromatic heterocycles. The number of ether oxygens (including phenoxy) is 2. The Labute approximate surface area is 120 Å². The number of carbonyl (C=O) groups excluding carboxylic acids is 2. The first-order valence-electron chi connectivity index (χ1n) is 6.94. The number of alkyl carbamates (subject to hydrolysis) is 1. The van der Waals surface area contributed by atoms with Crippen molar-refractivity contribution >= 4 is 12.1 Å². The number of aliphatic hydroxyl groups is 1. The Morgan fingerprint density at radius 1 is 1.20 bits per heavy atom. The van der Waals surface area contributed by atoms with Gasteiger partial charge in [-0.15, -0.1) is 0 Å². The fourth-order valence-corrected chi connectivity index (χ4v) is 1.41. The lowest BCUT2D eigenvalue weighted by molar-refractivity contribution is -0.147. The van der Waals surface area contributed by atoms with Crippen molar-refractivity contribution in [2.45, 2.75) is 59.1 Å². The topological polar surface area (TPSA) is 84.9 Å². The van der Waals surface area contributed by atoms with Gasteiger partial charge in [0.15, 0.2) is 0 Å². The number of aliphatic hydroxyl groups excluding tert-OH is 1. The van der Waals surface area contributed by atoms with E-state index < -0.39 is 23.7 Å². The van der Waals surface area contributed by atoms with Gasteiger partial charge in [0.25, 0.3) is 0 Å². The van der Waals surface area contributed by atoms with E-state index in [0.717, 1.165) is 0 Å². The molecule has 0 saturated carbocycles. The van der Waals surface area contributed by atoms with E-state index in [1.807, 2.05) is 13.8 Å². The van der Waals surface area contributed by atoms with Crippen LogP contribution in [0, 0.1) is 5.92 Å². The minimum atomic E-state index is -0.737. The maximum atomic E-state index is 11.9. The van der Waals surface area contributed by atoms with E-state index >= 15 is 0 Å². The summed E-state index contributed by atoms with van der Waals surface area (Å²) in [6, 6.07) is -0.737. The normalized spacial score (nSPS) is 12.9. The second-order valence-corrected chi connectivity index (χ2v) is 5.97. The zero-order chi connectivity index (χ0) is 15.8. The third-order valence-corrected chi connectivity index (χ3v) is 2.39. The van der Waals surface area contributed by atoms with Crippen LogP contribution in [0.15, 0.2) is 0 Å². The molecule has 20 heavy (non-hydrogen) atoms. The second-order valence-electron chi connectivity index (χ2n) is 5.97. The number of hydrogen-bond acceptors (Lipinski definition) is 5. The number of rotatable bonds is 7. The molecule has 0 aliphatic heterocycles. The van der Waals surface area contributed by atoms with E-state index in [1.165, 1.54) is 0 Å². The number of unbranched alkanes of at least 4 members (excludes halogenated alkanes) is 1. The zero-order valence-corrected chi connectivity index (χ0v) is 13.1. The fraction of sp³-hybridized carbons (Fsp3) is 0.857. The molecule has 0 spiro atoms. The molecular weight excluding hydrogens is 262 g/mol. The largest absolute Gasteiger partial charge is 0.464 e. The van der Waals surface area contributed by atoms with E-state index in [9.17, 15) is 9.59 Å². The summed E-state index contributed by atoms with van der Waals surface area (Å²) >= 11 is 0. The van der Waals surface area contributed by atoms with E-state index in [-0.39, 0.29) is 19.1 Å². The lowest BCUT2D eigenvalue weighted by Crippen LogP contribution is -2.47. The molecule has 6 nitrogen and oxygen atoms in total. The van der Waals surface area contributed by atoms with Gasteiger partial charge < -0.3 is 19.9 Å². The molecule has 0 aliphatic rings. The monoisotopic (exact) mass is 289 g/mol. The highest BCUT2D eigenvalue weighted by atomic mass is 16.6. The van der Waals surface area contributed by atoms with E-state index in [4.69, 9.17) is 14.6 Å². The minimum Gasteiger partial charge on any atom is -0.464 e. The summed E-state index contributed by atoms with van der Waals surface area (Å²) in [5.41, 5.74) is -0.614. The molecule has 0 bridgehead atoms. The molecule has 0 aromatic carbocycles. The highest BCUT2D eigenvalue weighted by Crippen LogP contribution is 2.09. The summed E-state index contributed by atoms with van der Waals surface area (Å²) in [7, 11) is 0. The van der Waals surface area contributed by atoms with Crippen molar-refractivity contribution in [1.82, 2.24) is 5.32 Å². The van der Waals surface area contributed by atoms with Crippen molar-refractivity contribution in [1.29, 1.82) is 0 Å². The molecule has 0 fully saturated rings. The van der Waals surface area contributed by atoms with Gasteiger partial charge in [0, 0.05) is 6.61 Å². The quantitative estimate of drug-likeness (QED) is 0.552. The Morgan fingerprint density at radius 2 is 1.80 bits per heavy atom. The van der Waals surface area contributed by atoms with Crippen molar-refractivity contribution in [2.75, 3.05) is 13.2 Å². The maximum Gasteiger partial charge on any atom is 0.408 e. The highest BCUT2D eigenvalue weighted by Gasteiger charge is 2.27. The van der Waals surface area contributed by atoms with Gasteiger partial charge in [0.2, 0.25) is 0 Å². The van der Waals surface area contributed by atoms with Gasteiger partial charge >= 0.3 is 12.1 Å². The Hall–Kier alpha value is -1.30. The summed E-state index contributed by atoms with van der Waals surface area (Å²) in [5.74, 6) is -0.586. The van der Waals surface area contributed by atoms with Crippen molar-refractivity contribution in [3.63, 3.8) is 0 Å². The smallest absolute Gasteiger partial charge is 0.408 e. The lowest BCUT2D eigenvalue weighted by atomic mass is 10.1. The summed E-state index contributed by atoms with van der Waals surface area (Å²) < 4.78 is 10.2. The van der Waals surface area contributed by atoms with Crippen LogP contribution in [0.1, 0.15) is 47.5 Å². The lowest BCUT2D eigenvalue weighted by Gasteiger charge is -2.24. The van der Waals surface area contributed by atoms with Gasteiger partial charge in [-0.1, -0.05) is 13.8 Å². The summed E-state index contributed by atoms with van der Waals surface area (Å²) in [6.07, 6.45) is 0.544. The summed E-state index contributed by atoms with van der Waals surface area (Å²) in [6.45, 7) is 9.20. The van der Waals surface area contributed by atoms with Crippen LogP contribution in [-0.2, 0) is 14.3 Å². The third-order valence-electron chi connectivity index (χ3n) is 2.39. The standard InChI is InChI=1S/C14H27NO5/c1-10(2)11(12(17)19-9-7-6-8-16)15-13(18)20-14(3,4)5/h10-11,16H,6-9H2,1-5H3,(H,15,18)/t11-/m0/s1. The van der Waals surface area contributed by atoms with E-state index in [1.54, 1.807) is 20.8 Å². The number of amides is 1. The van der Waals surface area contributed by atoms with Gasteiger partial charge in [-0.2, -0.15) is 0 Å². The molecule has 0 unspecified atom stereocenters. The Balaban J connectivity index is 4.35. The predicted molar refractivity (Wildman–Crippen MR) is 75.3 cm³/mol. The van der Waals surface area contributed by atoms with Crippen LogP contribution in [0.5, 0.6) is 0 Å². The van der Waals surface area contributed by atoms with Gasteiger partial charge in [-0.3, -0.25) is 0 Å². The molecular formula is C14H27NO5. The Bertz CT molecular complexity index is 309. The second kappa shape index (κ2) is 8.79. The average molecular weight is 289 g/mol. The van der Waals surface area contributed by atoms with E-state index in [0.29, 0.717) is 12.8 Å². The minimum absolute atomic E-state index is 0.0708. The molecule has 6 heteroatoms. The van der Waals surface area contributed by atoms with Crippen LogP contribution in [0.25, 0.3) is 0 Å². The molecule has 0 aromatic rings. The third kappa shape index (κ3) is 8.74. The van der Waals surface area contributed by atoms with Crippen molar-refractivity contribution in [3.8, 4) is 0 Å².